The number of hydrogen-bond donors (Lipinski definition) is 1. The SMILES string of the molecule is CCOc1ccc(/C(O)=C2/C(=O)C(=O)N(c3ccc(C(=O)OC(C)C)cc3)C2c2ccccc2)cc1C. The van der Waals surface area contributed by atoms with Gasteiger partial charge in [0.1, 0.15) is 11.5 Å². The van der Waals surface area contributed by atoms with Crippen molar-refractivity contribution in [2.75, 3.05) is 11.5 Å². The smallest absolute Gasteiger partial charge is 0.338 e. The van der Waals surface area contributed by atoms with Crippen molar-refractivity contribution < 1.29 is 29.0 Å². The molecule has 7 nitrogen and oxygen atoms in total. The minimum absolute atomic E-state index is 0.0111. The van der Waals surface area contributed by atoms with Gasteiger partial charge in [-0.25, -0.2) is 4.79 Å². The number of rotatable bonds is 7. The fourth-order valence-electron chi connectivity index (χ4n) is 4.36. The molecule has 0 bridgehead atoms. The fraction of sp³-hybridized carbons (Fsp3) is 0.233. The molecule has 0 radical (unpaired) electrons. The van der Waals surface area contributed by atoms with Crippen LogP contribution < -0.4 is 9.64 Å². The fourth-order valence-corrected chi connectivity index (χ4v) is 4.36. The summed E-state index contributed by atoms with van der Waals surface area (Å²) in [5.41, 5.74) is 2.60. The lowest BCUT2D eigenvalue weighted by Gasteiger charge is -2.25. The summed E-state index contributed by atoms with van der Waals surface area (Å²) in [7, 11) is 0. The normalized spacial score (nSPS) is 16.8. The van der Waals surface area contributed by atoms with Crippen LogP contribution in [0.2, 0.25) is 0 Å². The zero-order valence-electron chi connectivity index (χ0n) is 21.2. The van der Waals surface area contributed by atoms with Gasteiger partial charge in [0.05, 0.1) is 29.9 Å². The van der Waals surface area contributed by atoms with E-state index in [0.29, 0.717) is 34.7 Å². The third kappa shape index (κ3) is 5.11. The van der Waals surface area contributed by atoms with Crippen molar-refractivity contribution in [1.82, 2.24) is 0 Å². The summed E-state index contributed by atoms with van der Waals surface area (Å²) in [5.74, 6) is -1.63. The minimum Gasteiger partial charge on any atom is -0.507 e. The molecule has 1 heterocycles. The summed E-state index contributed by atoms with van der Waals surface area (Å²) in [5, 5.41) is 11.3. The van der Waals surface area contributed by atoms with E-state index in [4.69, 9.17) is 9.47 Å². The van der Waals surface area contributed by atoms with Crippen molar-refractivity contribution in [3.8, 4) is 5.75 Å². The molecule has 0 saturated carbocycles. The number of Topliss-reactive ketones (excluding diaryl/α,β-unsaturated/α-hetero) is 1. The predicted molar refractivity (Wildman–Crippen MR) is 141 cm³/mol. The van der Waals surface area contributed by atoms with Crippen LogP contribution in [-0.2, 0) is 14.3 Å². The number of esters is 1. The van der Waals surface area contributed by atoms with Crippen molar-refractivity contribution in [1.29, 1.82) is 0 Å². The molecule has 3 aromatic rings. The predicted octanol–water partition coefficient (Wildman–Crippen LogP) is 5.59. The van der Waals surface area contributed by atoms with Gasteiger partial charge in [-0.1, -0.05) is 30.3 Å². The maximum Gasteiger partial charge on any atom is 0.338 e. The molecule has 7 heteroatoms. The molecule has 1 N–H and O–H groups in total. The molecule has 1 aliphatic heterocycles. The first-order valence-electron chi connectivity index (χ1n) is 12.1. The second-order valence-electron chi connectivity index (χ2n) is 8.99. The van der Waals surface area contributed by atoms with Gasteiger partial charge in [0.15, 0.2) is 0 Å². The first kappa shape index (κ1) is 25.7. The van der Waals surface area contributed by atoms with E-state index in [1.807, 2.05) is 32.0 Å². The van der Waals surface area contributed by atoms with E-state index in [9.17, 15) is 19.5 Å². The third-order valence-corrected chi connectivity index (χ3v) is 6.03. The Bertz CT molecular complexity index is 1360. The summed E-state index contributed by atoms with van der Waals surface area (Å²) in [4.78, 5) is 40.3. The molecule has 1 unspecified atom stereocenters. The maximum atomic E-state index is 13.3. The van der Waals surface area contributed by atoms with E-state index in [-0.39, 0.29) is 17.4 Å². The standard InChI is InChI=1S/C30H29NO6/c1-5-36-24-16-13-22(17-19(24)4)27(32)25-26(20-9-7-6-8-10-20)31(29(34)28(25)33)23-14-11-21(12-15-23)30(35)37-18(2)3/h6-18,26,32H,5H2,1-4H3/b27-25-. The topological polar surface area (TPSA) is 93.1 Å². The highest BCUT2D eigenvalue weighted by Gasteiger charge is 2.47. The highest BCUT2D eigenvalue weighted by atomic mass is 16.5. The molecule has 1 saturated heterocycles. The average molecular weight is 500 g/mol. The van der Waals surface area contributed by atoms with Crippen LogP contribution in [0.3, 0.4) is 0 Å². The van der Waals surface area contributed by atoms with Gasteiger partial charge >= 0.3 is 5.97 Å². The summed E-state index contributed by atoms with van der Waals surface area (Å²) in [6.07, 6.45) is -0.269. The zero-order valence-corrected chi connectivity index (χ0v) is 21.2. The Kier molecular flexibility index (Phi) is 7.43. The third-order valence-electron chi connectivity index (χ3n) is 6.03. The van der Waals surface area contributed by atoms with E-state index in [2.05, 4.69) is 0 Å². The van der Waals surface area contributed by atoms with Crippen molar-refractivity contribution >= 4 is 29.1 Å². The van der Waals surface area contributed by atoms with Crippen molar-refractivity contribution in [3.63, 3.8) is 0 Å². The quantitative estimate of drug-likeness (QED) is 0.197. The Hall–Kier alpha value is -4.39. The summed E-state index contributed by atoms with van der Waals surface area (Å²) in [6.45, 7) is 7.75. The van der Waals surface area contributed by atoms with Crippen LogP contribution in [0.5, 0.6) is 5.75 Å². The molecular formula is C30H29NO6. The number of anilines is 1. The van der Waals surface area contributed by atoms with Crippen LogP contribution in [0.25, 0.3) is 5.76 Å². The Morgan fingerprint density at radius 2 is 1.62 bits per heavy atom. The van der Waals surface area contributed by atoms with Gasteiger partial charge < -0.3 is 14.6 Å². The van der Waals surface area contributed by atoms with E-state index in [0.717, 1.165) is 5.56 Å². The molecule has 1 aliphatic rings. The number of benzene rings is 3. The van der Waals surface area contributed by atoms with Gasteiger partial charge in [-0.05, 0) is 81.3 Å². The molecule has 0 aromatic heterocycles. The van der Waals surface area contributed by atoms with Crippen LogP contribution in [-0.4, -0.2) is 35.5 Å². The number of ether oxygens (including phenoxy) is 2. The molecule has 37 heavy (non-hydrogen) atoms. The lowest BCUT2D eigenvalue weighted by Crippen LogP contribution is -2.29. The van der Waals surface area contributed by atoms with Gasteiger partial charge in [0.25, 0.3) is 11.7 Å². The summed E-state index contributed by atoms with van der Waals surface area (Å²) in [6, 6.07) is 19.6. The molecule has 0 spiro atoms. The molecule has 1 atom stereocenters. The molecular weight excluding hydrogens is 470 g/mol. The van der Waals surface area contributed by atoms with Crippen molar-refractivity contribution in [3.05, 3.63) is 101 Å². The molecule has 3 aromatic carbocycles. The monoisotopic (exact) mass is 499 g/mol. The number of aryl methyl sites for hydroxylation is 1. The molecule has 4 rings (SSSR count). The number of nitrogens with zero attached hydrogens (tertiary/aromatic N) is 1. The Morgan fingerprint density at radius 1 is 0.973 bits per heavy atom. The van der Waals surface area contributed by atoms with Gasteiger partial charge in [0, 0.05) is 11.3 Å². The molecule has 1 fully saturated rings. The molecule has 190 valence electrons. The van der Waals surface area contributed by atoms with Gasteiger partial charge in [-0.15, -0.1) is 0 Å². The van der Waals surface area contributed by atoms with Crippen LogP contribution in [0, 0.1) is 6.92 Å². The number of carbonyl (C=O) groups is 3. The first-order chi connectivity index (χ1) is 17.7. The number of ketones is 1. The van der Waals surface area contributed by atoms with Crippen LogP contribution in [0.15, 0.2) is 78.4 Å². The molecule has 1 amide bonds. The van der Waals surface area contributed by atoms with Crippen LogP contribution in [0.4, 0.5) is 5.69 Å². The highest BCUT2D eigenvalue weighted by Crippen LogP contribution is 2.42. The Labute approximate surface area is 215 Å². The van der Waals surface area contributed by atoms with E-state index < -0.39 is 23.7 Å². The lowest BCUT2D eigenvalue weighted by atomic mass is 9.94. The Balaban J connectivity index is 1.81. The lowest BCUT2D eigenvalue weighted by molar-refractivity contribution is -0.132. The van der Waals surface area contributed by atoms with E-state index in [1.54, 1.807) is 68.4 Å². The number of aliphatic hydroxyl groups is 1. The highest BCUT2D eigenvalue weighted by molar-refractivity contribution is 6.51. The number of amides is 1. The largest absolute Gasteiger partial charge is 0.507 e. The van der Waals surface area contributed by atoms with Crippen molar-refractivity contribution in [2.24, 2.45) is 0 Å². The first-order valence-corrected chi connectivity index (χ1v) is 12.1. The average Bonchev–Trinajstić information content (AvgIpc) is 3.15. The van der Waals surface area contributed by atoms with Crippen LogP contribution >= 0.6 is 0 Å². The van der Waals surface area contributed by atoms with Crippen molar-refractivity contribution in [2.45, 2.75) is 39.8 Å². The Morgan fingerprint density at radius 3 is 2.22 bits per heavy atom. The van der Waals surface area contributed by atoms with E-state index >= 15 is 0 Å². The second-order valence-corrected chi connectivity index (χ2v) is 8.99. The summed E-state index contributed by atoms with van der Waals surface area (Å²) >= 11 is 0. The number of hydrogen-bond acceptors (Lipinski definition) is 6. The second kappa shape index (κ2) is 10.7. The molecule has 0 aliphatic carbocycles. The minimum atomic E-state index is -0.860. The van der Waals surface area contributed by atoms with Gasteiger partial charge in [-0.3, -0.25) is 14.5 Å². The number of carbonyl (C=O) groups excluding carboxylic acids is 3. The van der Waals surface area contributed by atoms with Crippen LogP contribution in [0.1, 0.15) is 53.9 Å². The van der Waals surface area contributed by atoms with E-state index in [1.165, 1.54) is 4.90 Å². The maximum absolute atomic E-state index is 13.3. The van der Waals surface area contributed by atoms with Gasteiger partial charge in [-0.2, -0.15) is 0 Å². The number of aliphatic hydroxyl groups excluding tert-OH is 1. The zero-order chi connectivity index (χ0) is 26.7. The van der Waals surface area contributed by atoms with Gasteiger partial charge in [0.2, 0.25) is 0 Å². The summed E-state index contributed by atoms with van der Waals surface area (Å²) < 4.78 is 10.8.